The molecule has 1 atom stereocenters. The van der Waals surface area contributed by atoms with Gasteiger partial charge in [-0.1, -0.05) is 12.1 Å². The molecule has 5 nitrogen and oxygen atoms in total. The maximum Gasteiger partial charge on any atom is 0.225 e. The monoisotopic (exact) mass is 317 g/mol. The summed E-state index contributed by atoms with van der Waals surface area (Å²) in [6.07, 6.45) is 4.27. The number of hydrogen-bond acceptors (Lipinski definition) is 3. The highest BCUT2D eigenvalue weighted by Gasteiger charge is 2.26. The third-order valence-electron chi connectivity index (χ3n) is 4.41. The van der Waals surface area contributed by atoms with E-state index in [0.717, 1.165) is 18.5 Å². The Morgan fingerprint density at radius 3 is 2.87 bits per heavy atom. The number of nitrogens with zero attached hydrogens (tertiary/aromatic N) is 2. The van der Waals surface area contributed by atoms with Crippen molar-refractivity contribution in [1.82, 2.24) is 14.9 Å². The van der Waals surface area contributed by atoms with Crippen LogP contribution >= 0.6 is 0 Å². The van der Waals surface area contributed by atoms with Crippen LogP contribution in [0.5, 0.6) is 0 Å². The van der Waals surface area contributed by atoms with Gasteiger partial charge >= 0.3 is 0 Å². The quantitative estimate of drug-likeness (QED) is 0.909. The van der Waals surface area contributed by atoms with Gasteiger partial charge in [-0.2, -0.15) is 0 Å². The zero-order valence-corrected chi connectivity index (χ0v) is 12.8. The topological polar surface area (TPSA) is 69.2 Å². The molecule has 6 heteroatoms. The Labute approximate surface area is 134 Å². The molecule has 1 unspecified atom stereocenters. The molecule has 0 spiro atoms. The van der Waals surface area contributed by atoms with Crippen molar-refractivity contribution in [3.63, 3.8) is 0 Å². The smallest absolute Gasteiger partial charge is 0.225 e. The lowest BCUT2D eigenvalue weighted by atomic mass is 9.93. The zero-order valence-electron chi connectivity index (χ0n) is 12.8. The summed E-state index contributed by atoms with van der Waals surface area (Å²) in [5.41, 5.74) is 1.54. The summed E-state index contributed by atoms with van der Waals surface area (Å²) in [6, 6.07) is 5.75. The van der Waals surface area contributed by atoms with Crippen molar-refractivity contribution >= 4 is 5.91 Å². The lowest BCUT2D eigenvalue weighted by Crippen LogP contribution is -2.38. The van der Waals surface area contributed by atoms with E-state index in [1.165, 1.54) is 18.2 Å². The largest absolute Gasteiger partial charge is 0.388 e. The number of nitrogens with one attached hydrogen (secondary N) is 1. The van der Waals surface area contributed by atoms with Crippen LogP contribution in [0, 0.1) is 5.82 Å². The molecule has 0 aliphatic carbocycles. The summed E-state index contributed by atoms with van der Waals surface area (Å²) in [5.74, 6) is -0.103. The minimum atomic E-state index is -0.969. The van der Waals surface area contributed by atoms with E-state index >= 15 is 0 Å². The summed E-state index contributed by atoms with van der Waals surface area (Å²) in [4.78, 5) is 21.2. The number of aliphatic hydroxyl groups is 1. The van der Waals surface area contributed by atoms with Gasteiger partial charge in [-0.05, 0) is 30.5 Å². The molecule has 2 heterocycles. The number of benzene rings is 1. The molecule has 2 N–H and O–H groups in total. The zero-order chi connectivity index (χ0) is 16.2. The highest BCUT2D eigenvalue weighted by Crippen LogP contribution is 2.27. The molecular weight excluding hydrogens is 297 g/mol. The Morgan fingerprint density at radius 1 is 1.43 bits per heavy atom. The molecule has 0 bridgehead atoms. The van der Waals surface area contributed by atoms with E-state index < -0.39 is 11.9 Å². The number of likely N-dealkylation sites (tertiary alicyclic amines) is 1. The van der Waals surface area contributed by atoms with Crippen LogP contribution in [-0.2, 0) is 4.79 Å². The highest BCUT2D eigenvalue weighted by atomic mass is 19.1. The second kappa shape index (κ2) is 6.91. The lowest BCUT2D eigenvalue weighted by Gasteiger charge is -2.32. The number of amides is 1. The molecule has 1 aromatic heterocycles. The van der Waals surface area contributed by atoms with Gasteiger partial charge in [0.05, 0.1) is 18.9 Å². The Kier molecular flexibility index (Phi) is 4.71. The van der Waals surface area contributed by atoms with Crippen molar-refractivity contribution in [3.8, 4) is 0 Å². The molecule has 122 valence electrons. The van der Waals surface area contributed by atoms with Crippen LogP contribution in [0.2, 0.25) is 0 Å². The average Bonchev–Trinajstić information content (AvgIpc) is 3.09. The van der Waals surface area contributed by atoms with Gasteiger partial charge in [0.15, 0.2) is 0 Å². The number of hydrogen-bond donors (Lipinski definition) is 2. The normalized spacial score (nSPS) is 17.2. The molecule has 1 saturated heterocycles. The van der Waals surface area contributed by atoms with Gasteiger partial charge < -0.3 is 15.0 Å². The van der Waals surface area contributed by atoms with Gasteiger partial charge in [-0.25, -0.2) is 9.37 Å². The summed E-state index contributed by atoms with van der Waals surface area (Å²) < 4.78 is 13.2. The molecule has 1 fully saturated rings. The Morgan fingerprint density at radius 2 is 2.22 bits per heavy atom. The third kappa shape index (κ3) is 3.76. The number of H-pyrrole nitrogens is 1. The van der Waals surface area contributed by atoms with Crippen LogP contribution in [0.1, 0.15) is 42.5 Å². The van der Waals surface area contributed by atoms with Gasteiger partial charge in [0.2, 0.25) is 5.91 Å². The van der Waals surface area contributed by atoms with Crippen LogP contribution in [0.4, 0.5) is 4.39 Å². The van der Waals surface area contributed by atoms with Crippen molar-refractivity contribution in [2.24, 2.45) is 0 Å². The number of aromatic amines is 1. The SMILES string of the molecule is O=C(CC(O)c1cccc(F)c1)N1CCC(c2cnc[nH]2)CC1. The molecule has 1 aliphatic rings. The molecule has 2 aromatic rings. The molecule has 3 rings (SSSR count). The van der Waals surface area contributed by atoms with E-state index in [1.54, 1.807) is 17.3 Å². The first-order valence-electron chi connectivity index (χ1n) is 7.83. The number of piperidine rings is 1. The van der Waals surface area contributed by atoms with Gasteiger partial charge in [-0.15, -0.1) is 0 Å². The highest BCUT2D eigenvalue weighted by molar-refractivity contribution is 5.77. The van der Waals surface area contributed by atoms with Gasteiger partial charge in [0.1, 0.15) is 5.82 Å². The van der Waals surface area contributed by atoms with Crippen LogP contribution in [0.25, 0.3) is 0 Å². The fourth-order valence-corrected chi connectivity index (χ4v) is 3.06. The molecule has 0 radical (unpaired) electrons. The predicted octanol–water partition coefficient (Wildman–Crippen LogP) is 2.38. The minimum absolute atomic E-state index is 0.0157. The molecule has 23 heavy (non-hydrogen) atoms. The number of aromatic nitrogens is 2. The second-order valence-electron chi connectivity index (χ2n) is 5.94. The lowest BCUT2D eigenvalue weighted by molar-refractivity contribution is -0.134. The van der Waals surface area contributed by atoms with Crippen LogP contribution < -0.4 is 0 Å². The van der Waals surface area contributed by atoms with Crippen molar-refractivity contribution in [2.45, 2.75) is 31.3 Å². The number of aliphatic hydroxyl groups excluding tert-OH is 1. The van der Waals surface area contributed by atoms with E-state index in [9.17, 15) is 14.3 Å². The van der Waals surface area contributed by atoms with Gasteiger partial charge in [-0.3, -0.25) is 4.79 Å². The minimum Gasteiger partial charge on any atom is -0.388 e. The fraction of sp³-hybridized carbons (Fsp3) is 0.412. The van der Waals surface area contributed by atoms with E-state index in [0.29, 0.717) is 24.6 Å². The average molecular weight is 317 g/mol. The van der Waals surface area contributed by atoms with Crippen LogP contribution in [0.15, 0.2) is 36.8 Å². The summed E-state index contributed by atoms with van der Waals surface area (Å²) >= 11 is 0. The van der Waals surface area contributed by atoms with Crippen molar-refractivity contribution in [1.29, 1.82) is 0 Å². The first kappa shape index (κ1) is 15.7. The first-order valence-corrected chi connectivity index (χ1v) is 7.83. The molecular formula is C17H20FN3O2. The number of imidazole rings is 1. The summed E-state index contributed by atoms with van der Waals surface area (Å²) in [6.45, 7) is 1.33. The summed E-state index contributed by atoms with van der Waals surface area (Å²) in [7, 11) is 0. The fourth-order valence-electron chi connectivity index (χ4n) is 3.06. The second-order valence-corrected chi connectivity index (χ2v) is 5.94. The standard InChI is InChI=1S/C17H20FN3O2/c18-14-3-1-2-13(8-14)16(22)9-17(23)21-6-4-12(5-7-21)15-10-19-11-20-15/h1-3,8,10-12,16,22H,4-7,9H2,(H,19,20). The Balaban J connectivity index is 1.53. The van der Waals surface area contributed by atoms with Crippen LogP contribution in [0.3, 0.4) is 0 Å². The van der Waals surface area contributed by atoms with E-state index in [4.69, 9.17) is 0 Å². The molecule has 1 aliphatic heterocycles. The van der Waals surface area contributed by atoms with Gasteiger partial charge in [0.25, 0.3) is 0 Å². The Bertz CT molecular complexity index is 652. The number of carbonyl (C=O) groups excluding carboxylic acids is 1. The number of rotatable bonds is 4. The third-order valence-corrected chi connectivity index (χ3v) is 4.41. The van der Waals surface area contributed by atoms with E-state index in [1.807, 2.05) is 6.20 Å². The van der Waals surface area contributed by atoms with Crippen LogP contribution in [-0.4, -0.2) is 39.0 Å². The van der Waals surface area contributed by atoms with Crippen molar-refractivity contribution in [3.05, 3.63) is 53.9 Å². The molecule has 1 aromatic carbocycles. The first-order chi connectivity index (χ1) is 11.1. The Hall–Kier alpha value is -2.21. The van der Waals surface area contributed by atoms with E-state index in [-0.39, 0.29) is 12.3 Å². The maximum atomic E-state index is 13.2. The number of halogens is 1. The number of carbonyl (C=O) groups is 1. The van der Waals surface area contributed by atoms with Crippen molar-refractivity contribution < 1.29 is 14.3 Å². The van der Waals surface area contributed by atoms with E-state index in [2.05, 4.69) is 9.97 Å². The van der Waals surface area contributed by atoms with Crippen molar-refractivity contribution in [2.75, 3.05) is 13.1 Å². The molecule has 0 saturated carbocycles. The predicted molar refractivity (Wildman–Crippen MR) is 83.1 cm³/mol. The van der Waals surface area contributed by atoms with Gasteiger partial charge in [0, 0.05) is 30.9 Å². The molecule has 1 amide bonds. The maximum absolute atomic E-state index is 13.2. The summed E-state index contributed by atoms with van der Waals surface area (Å²) in [5, 5.41) is 10.1.